The largest absolute Gasteiger partial charge is 0.399 e. The maximum atomic E-state index is 13.6. The molecule has 2 aromatic carbocycles. The number of nitrogens with one attached hydrogen (secondary N) is 2. The number of rotatable bonds is 3. The molecule has 0 bridgehead atoms. The van der Waals surface area contributed by atoms with Gasteiger partial charge < -0.3 is 16.4 Å². The predicted molar refractivity (Wildman–Crippen MR) is 79.5 cm³/mol. The van der Waals surface area contributed by atoms with E-state index in [2.05, 4.69) is 10.6 Å². The van der Waals surface area contributed by atoms with Gasteiger partial charge in [0.1, 0.15) is 5.82 Å². The Balaban J connectivity index is 2.12. The van der Waals surface area contributed by atoms with Crippen molar-refractivity contribution < 1.29 is 14.0 Å². The van der Waals surface area contributed by atoms with Crippen molar-refractivity contribution in [2.45, 2.75) is 6.92 Å². The van der Waals surface area contributed by atoms with Crippen LogP contribution in [0.3, 0.4) is 0 Å². The fourth-order valence-electron chi connectivity index (χ4n) is 1.76. The second-order valence-corrected chi connectivity index (χ2v) is 4.45. The normalized spacial score (nSPS) is 10.0. The van der Waals surface area contributed by atoms with Crippen molar-refractivity contribution in [1.82, 2.24) is 0 Å². The molecule has 2 rings (SSSR count). The predicted octanol–water partition coefficient (Wildman–Crippen LogP) is 2.62. The summed E-state index contributed by atoms with van der Waals surface area (Å²) in [5.74, 6) is -1.42. The van der Waals surface area contributed by atoms with E-state index in [4.69, 9.17) is 5.73 Å². The lowest BCUT2D eigenvalue weighted by atomic mass is 10.1. The van der Waals surface area contributed by atoms with E-state index in [9.17, 15) is 14.0 Å². The Labute approximate surface area is 121 Å². The number of carbonyl (C=O) groups is 2. The van der Waals surface area contributed by atoms with E-state index < -0.39 is 11.7 Å². The smallest absolute Gasteiger partial charge is 0.258 e. The van der Waals surface area contributed by atoms with E-state index in [1.165, 1.54) is 19.1 Å². The van der Waals surface area contributed by atoms with Gasteiger partial charge in [0.15, 0.2) is 0 Å². The molecule has 6 heteroatoms. The number of anilines is 3. The van der Waals surface area contributed by atoms with E-state index in [1.807, 2.05) is 0 Å². The number of nitrogen functional groups attached to an aromatic ring is 1. The second-order valence-electron chi connectivity index (χ2n) is 4.45. The van der Waals surface area contributed by atoms with Gasteiger partial charge in [-0.25, -0.2) is 4.39 Å². The van der Waals surface area contributed by atoms with Gasteiger partial charge in [-0.2, -0.15) is 0 Å². The van der Waals surface area contributed by atoms with Gasteiger partial charge in [-0.05, 0) is 42.5 Å². The number of halogens is 1. The van der Waals surface area contributed by atoms with Crippen molar-refractivity contribution in [2.24, 2.45) is 0 Å². The molecule has 0 radical (unpaired) electrons. The molecule has 0 aliphatic carbocycles. The summed E-state index contributed by atoms with van der Waals surface area (Å²) in [5, 5.41) is 5.17. The average molecular weight is 287 g/mol. The monoisotopic (exact) mass is 287 g/mol. The fraction of sp³-hybridized carbons (Fsp3) is 0.0667. The maximum absolute atomic E-state index is 13.6. The Morgan fingerprint density at radius 2 is 1.57 bits per heavy atom. The number of nitrogens with two attached hydrogens (primary N) is 1. The average Bonchev–Trinajstić information content (AvgIpc) is 2.43. The van der Waals surface area contributed by atoms with Crippen molar-refractivity contribution in [2.75, 3.05) is 16.4 Å². The number of amides is 2. The summed E-state index contributed by atoms with van der Waals surface area (Å²) >= 11 is 0. The number of hydrogen-bond acceptors (Lipinski definition) is 3. The van der Waals surface area contributed by atoms with Crippen molar-refractivity contribution in [1.29, 1.82) is 0 Å². The van der Waals surface area contributed by atoms with E-state index in [0.29, 0.717) is 17.1 Å². The van der Waals surface area contributed by atoms with Gasteiger partial charge in [-0.1, -0.05) is 0 Å². The van der Waals surface area contributed by atoms with Crippen molar-refractivity contribution >= 4 is 28.9 Å². The van der Waals surface area contributed by atoms with Crippen LogP contribution in [0.15, 0.2) is 42.5 Å². The van der Waals surface area contributed by atoms with E-state index in [1.54, 1.807) is 24.3 Å². The highest BCUT2D eigenvalue weighted by molar-refractivity contribution is 6.05. The SMILES string of the molecule is CC(=O)Nc1ccc(NC(=O)c2cc(N)ccc2F)cc1. The molecule has 0 heterocycles. The van der Waals surface area contributed by atoms with Crippen LogP contribution in [0.25, 0.3) is 0 Å². The standard InChI is InChI=1S/C15H14FN3O2/c1-9(20)18-11-3-5-12(6-4-11)19-15(21)13-8-10(17)2-7-14(13)16/h2-8H,17H2,1H3,(H,18,20)(H,19,21). The first-order valence-electron chi connectivity index (χ1n) is 6.20. The third-order valence-electron chi connectivity index (χ3n) is 2.70. The summed E-state index contributed by atoms with van der Waals surface area (Å²) in [6, 6.07) is 10.3. The van der Waals surface area contributed by atoms with Gasteiger partial charge in [0, 0.05) is 24.0 Å². The highest BCUT2D eigenvalue weighted by atomic mass is 19.1. The van der Waals surface area contributed by atoms with E-state index >= 15 is 0 Å². The van der Waals surface area contributed by atoms with Crippen molar-refractivity contribution in [3.8, 4) is 0 Å². The van der Waals surface area contributed by atoms with Crippen molar-refractivity contribution in [3.63, 3.8) is 0 Å². The summed E-state index contributed by atoms with van der Waals surface area (Å²) in [5.41, 5.74) is 6.81. The van der Waals surface area contributed by atoms with Gasteiger partial charge >= 0.3 is 0 Å². The third kappa shape index (κ3) is 3.79. The summed E-state index contributed by atoms with van der Waals surface area (Å²) < 4.78 is 13.6. The van der Waals surface area contributed by atoms with Crippen LogP contribution in [0.5, 0.6) is 0 Å². The van der Waals surface area contributed by atoms with E-state index in [0.717, 1.165) is 6.07 Å². The van der Waals surface area contributed by atoms with Gasteiger partial charge in [-0.3, -0.25) is 9.59 Å². The lowest BCUT2D eigenvalue weighted by Gasteiger charge is -2.08. The molecule has 0 unspecified atom stereocenters. The first kappa shape index (κ1) is 14.5. The zero-order valence-electron chi connectivity index (χ0n) is 11.3. The summed E-state index contributed by atoms with van der Waals surface area (Å²) in [6.45, 7) is 1.40. The zero-order chi connectivity index (χ0) is 15.4. The molecule has 2 aromatic rings. The summed E-state index contributed by atoms with van der Waals surface area (Å²) in [6.07, 6.45) is 0. The molecule has 5 nitrogen and oxygen atoms in total. The van der Waals surface area contributed by atoms with Crippen LogP contribution in [0.1, 0.15) is 17.3 Å². The summed E-state index contributed by atoms with van der Waals surface area (Å²) in [4.78, 5) is 22.9. The Morgan fingerprint density at radius 3 is 2.14 bits per heavy atom. The highest BCUT2D eigenvalue weighted by Crippen LogP contribution is 2.17. The molecule has 0 aliphatic heterocycles. The van der Waals surface area contributed by atoms with Gasteiger partial charge in [-0.15, -0.1) is 0 Å². The van der Waals surface area contributed by atoms with E-state index in [-0.39, 0.29) is 11.5 Å². The van der Waals surface area contributed by atoms with Crippen LogP contribution >= 0.6 is 0 Å². The zero-order valence-corrected chi connectivity index (χ0v) is 11.3. The minimum absolute atomic E-state index is 0.124. The third-order valence-corrected chi connectivity index (χ3v) is 2.70. The number of carbonyl (C=O) groups excluding carboxylic acids is 2. The molecule has 0 saturated heterocycles. The van der Waals surface area contributed by atoms with Crippen LogP contribution in [-0.4, -0.2) is 11.8 Å². The molecular formula is C15H14FN3O2. The minimum atomic E-state index is -0.642. The molecule has 4 N–H and O–H groups in total. The topological polar surface area (TPSA) is 84.2 Å². The Kier molecular flexibility index (Phi) is 4.18. The Morgan fingerprint density at radius 1 is 1.00 bits per heavy atom. The van der Waals surface area contributed by atoms with Crippen LogP contribution in [0.2, 0.25) is 0 Å². The summed E-state index contributed by atoms with van der Waals surface area (Å²) in [7, 11) is 0. The molecule has 0 aliphatic rings. The molecular weight excluding hydrogens is 273 g/mol. The molecule has 0 aromatic heterocycles. The van der Waals surface area contributed by atoms with Gasteiger partial charge in [0.05, 0.1) is 5.56 Å². The van der Waals surface area contributed by atoms with Crippen LogP contribution in [-0.2, 0) is 4.79 Å². The maximum Gasteiger partial charge on any atom is 0.258 e. The van der Waals surface area contributed by atoms with Crippen LogP contribution in [0.4, 0.5) is 21.5 Å². The lowest BCUT2D eigenvalue weighted by molar-refractivity contribution is -0.114. The first-order chi connectivity index (χ1) is 9.95. The second kappa shape index (κ2) is 6.04. The van der Waals surface area contributed by atoms with Crippen LogP contribution in [0, 0.1) is 5.82 Å². The van der Waals surface area contributed by atoms with Gasteiger partial charge in [0.25, 0.3) is 5.91 Å². The fourth-order valence-corrected chi connectivity index (χ4v) is 1.76. The number of hydrogen-bond donors (Lipinski definition) is 3. The Bertz CT molecular complexity index is 684. The van der Waals surface area contributed by atoms with Crippen LogP contribution < -0.4 is 16.4 Å². The molecule has 0 saturated carbocycles. The molecule has 0 atom stereocenters. The van der Waals surface area contributed by atoms with Crippen molar-refractivity contribution in [3.05, 3.63) is 53.8 Å². The minimum Gasteiger partial charge on any atom is -0.399 e. The quantitative estimate of drug-likeness (QED) is 0.759. The Hall–Kier alpha value is -2.89. The molecule has 108 valence electrons. The lowest BCUT2D eigenvalue weighted by Crippen LogP contribution is -2.14. The highest BCUT2D eigenvalue weighted by Gasteiger charge is 2.12. The van der Waals surface area contributed by atoms with Gasteiger partial charge in [0.2, 0.25) is 5.91 Å². The molecule has 21 heavy (non-hydrogen) atoms. The number of benzene rings is 2. The molecule has 0 fully saturated rings. The first-order valence-corrected chi connectivity index (χ1v) is 6.20. The molecule has 0 spiro atoms. The molecule has 2 amide bonds.